The second kappa shape index (κ2) is 11.4. The van der Waals surface area contributed by atoms with Gasteiger partial charge in [-0.05, 0) is 65.0 Å². The Labute approximate surface area is 288 Å². The molecule has 5 heteroatoms. The molecule has 0 aliphatic carbocycles. The van der Waals surface area contributed by atoms with Crippen molar-refractivity contribution in [2.24, 2.45) is 0 Å². The summed E-state index contributed by atoms with van der Waals surface area (Å²) in [5.74, 6) is 0. The predicted molar refractivity (Wildman–Crippen MR) is 202 cm³/mol. The first-order valence-electron chi connectivity index (χ1n) is 16.3. The van der Waals surface area contributed by atoms with Gasteiger partial charge in [0.15, 0.2) is 0 Å². The van der Waals surface area contributed by atoms with E-state index in [1.807, 2.05) is 109 Å². The Kier molecular flexibility index (Phi) is 6.56. The Hall–Kier alpha value is -7.39. The van der Waals surface area contributed by atoms with Gasteiger partial charge in [-0.25, -0.2) is 4.85 Å². The van der Waals surface area contributed by atoms with Gasteiger partial charge in [-0.2, -0.15) is 10.5 Å². The van der Waals surface area contributed by atoms with Crippen LogP contribution in [0.3, 0.4) is 0 Å². The molecule has 9 aromatic rings. The average molecular weight is 636 g/mol. The van der Waals surface area contributed by atoms with E-state index in [1.165, 1.54) is 0 Å². The predicted octanol–water partition coefficient (Wildman–Crippen LogP) is 11.5. The number of nitrogens with zero attached hydrogens (tertiary/aromatic N) is 5. The van der Waals surface area contributed by atoms with E-state index >= 15 is 0 Å². The largest absolute Gasteiger partial charge is 0.318 e. The van der Waals surface area contributed by atoms with E-state index in [2.05, 4.69) is 68.6 Å². The highest BCUT2D eigenvalue weighted by molar-refractivity contribution is 6.14. The van der Waals surface area contributed by atoms with Crippen LogP contribution in [0.1, 0.15) is 11.1 Å². The fourth-order valence-corrected chi connectivity index (χ4v) is 7.49. The topological polar surface area (TPSA) is 61.8 Å². The van der Waals surface area contributed by atoms with Crippen LogP contribution < -0.4 is 0 Å². The molecule has 0 radical (unpaired) electrons. The molecule has 5 nitrogen and oxygen atoms in total. The lowest BCUT2D eigenvalue weighted by atomic mass is 9.94. The lowest BCUT2D eigenvalue weighted by Gasteiger charge is -2.16. The van der Waals surface area contributed by atoms with Gasteiger partial charge in [0, 0.05) is 27.3 Å². The zero-order valence-corrected chi connectivity index (χ0v) is 26.7. The minimum Gasteiger partial charge on any atom is -0.318 e. The zero-order valence-electron chi connectivity index (χ0n) is 26.7. The number of benzene rings is 7. The number of para-hydroxylation sites is 4. The van der Waals surface area contributed by atoms with Crippen molar-refractivity contribution in [3.63, 3.8) is 0 Å². The maximum absolute atomic E-state index is 10.8. The van der Waals surface area contributed by atoms with Crippen LogP contribution in [0.25, 0.3) is 82.1 Å². The molecule has 0 aliphatic rings. The van der Waals surface area contributed by atoms with Gasteiger partial charge in [-0.1, -0.05) is 103 Å². The molecule has 0 saturated heterocycles. The molecule has 0 N–H and O–H groups in total. The van der Waals surface area contributed by atoms with Crippen LogP contribution in [-0.4, -0.2) is 9.13 Å². The third kappa shape index (κ3) is 4.24. The van der Waals surface area contributed by atoms with E-state index in [9.17, 15) is 10.5 Å². The van der Waals surface area contributed by atoms with Crippen LogP contribution in [0, 0.1) is 29.2 Å². The van der Waals surface area contributed by atoms with Crippen molar-refractivity contribution in [1.82, 2.24) is 9.13 Å². The number of nitriles is 2. The van der Waals surface area contributed by atoms with Crippen LogP contribution in [0.2, 0.25) is 0 Å². The number of hydrogen-bond acceptors (Lipinski definition) is 2. The highest BCUT2D eigenvalue weighted by atomic mass is 15.0. The quantitative estimate of drug-likeness (QED) is 0.181. The van der Waals surface area contributed by atoms with Crippen LogP contribution in [0.5, 0.6) is 0 Å². The van der Waals surface area contributed by atoms with E-state index in [-0.39, 0.29) is 0 Å². The van der Waals surface area contributed by atoms with Gasteiger partial charge < -0.3 is 9.13 Å². The van der Waals surface area contributed by atoms with E-state index < -0.39 is 0 Å². The molecule has 0 amide bonds. The minimum absolute atomic E-state index is 0.538. The van der Waals surface area contributed by atoms with Gasteiger partial charge in [0.25, 0.3) is 0 Å². The van der Waals surface area contributed by atoms with Crippen LogP contribution >= 0.6 is 0 Å². The SMILES string of the molecule is [C-]#[N+]c1cccc2c3ccccc3n(-c3cccc(-c4cccc(-c5ccccc5-n5c6ccccc6c6cc(C#N)ccc65)c4)c3C#N)c12. The van der Waals surface area contributed by atoms with Crippen LogP contribution in [0.4, 0.5) is 5.69 Å². The first-order valence-corrected chi connectivity index (χ1v) is 16.3. The zero-order chi connectivity index (χ0) is 33.8. The van der Waals surface area contributed by atoms with Gasteiger partial charge in [0.05, 0.1) is 57.2 Å². The molecule has 0 aliphatic heterocycles. The molecule has 0 spiro atoms. The lowest BCUT2D eigenvalue weighted by molar-refractivity contribution is 1.17. The molecular weight excluding hydrogens is 611 g/mol. The van der Waals surface area contributed by atoms with Crippen molar-refractivity contribution in [1.29, 1.82) is 10.5 Å². The Bertz CT molecular complexity index is 2970. The van der Waals surface area contributed by atoms with E-state index in [1.54, 1.807) is 0 Å². The monoisotopic (exact) mass is 635 g/mol. The summed E-state index contributed by atoms with van der Waals surface area (Å²) in [4.78, 5) is 3.87. The molecule has 9 rings (SSSR count). The Morgan fingerprint density at radius 2 is 1.08 bits per heavy atom. The van der Waals surface area contributed by atoms with Crippen molar-refractivity contribution in [2.45, 2.75) is 0 Å². The van der Waals surface area contributed by atoms with Crippen molar-refractivity contribution in [3.8, 4) is 45.8 Å². The number of rotatable bonds is 4. The van der Waals surface area contributed by atoms with Crippen molar-refractivity contribution in [2.75, 3.05) is 0 Å². The summed E-state index contributed by atoms with van der Waals surface area (Å²) < 4.78 is 4.34. The number of aromatic nitrogens is 2. The number of fused-ring (bicyclic) bond motifs is 6. The third-order valence-electron chi connectivity index (χ3n) is 9.62. The molecular formula is C45H25N5. The molecule has 2 heterocycles. The van der Waals surface area contributed by atoms with Crippen LogP contribution in [-0.2, 0) is 0 Å². The van der Waals surface area contributed by atoms with Gasteiger partial charge in [0.2, 0.25) is 5.69 Å². The van der Waals surface area contributed by atoms with E-state index in [0.29, 0.717) is 16.8 Å². The van der Waals surface area contributed by atoms with Crippen LogP contribution in [0.15, 0.2) is 152 Å². The Balaban J connectivity index is 1.25. The smallest absolute Gasteiger partial charge is 0.211 e. The Morgan fingerprint density at radius 3 is 1.86 bits per heavy atom. The van der Waals surface area contributed by atoms with Crippen molar-refractivity contribution in [3.05, 3.63) is 174 Å². The van der Waals surface area contributed by atoms with Crippen molar-refractivity contribution >= 4 is 49.3 Å². The standard InChI is InChI=1S/C45H25N5/c1-48-39-18-9-17-36-34-14-3-7-21-42(34)50(45(36)39)43-22-10-16-32(38(43)28-47)30-11-8-12-31(26-30)33-13-2-5-19-40(33)49-41-20-6-4-15-35(41)37-25-29(27-46)23-24-44(37)49/h2-26H. The van der Waals surface area contributed by atoms with Gasteiger partial charge in [0.1, 0.15) is 6.07 Å². The second-order valence-corrected chi connectivity index (χ2v) is 12.2. The maximum Gasteiger partial charge on any atom is 0.211 e. The Morgan fingerprint density at radius 1 is 0.480 bits per heavy atom. The summed E-state index contributed by atoms with van der Waals surface area (Å²) in [6.07, 6.45) is 0. The number of hydrogen-bond donors (Lipinski definition) is 0. The summed E-state index contributed by atoms with van der Waals surface area (Å²) in [5, 5.41) is 24.6. The molecule has 2 aromatic heterocycles. The summed E-state index contributed by atoms with van der Waals surface area (Å²) >= 11 is 0. The molecule has 0 saturated carbocycles. The lowest BCUT2D eigenvalue weighted by Crippen LogP contribution is -2.00. The molecule has 230 valence electrons. The first kappa shape index (κ1) is 28.8. The molecule has 7 aromatic carbocycles. The van der Waals surface area contributed by atoms with Crippen molar-refractivity contribution < 1.29 is 0 Å². The normalized spacial score (nSPS) is 11.1. The van der Waals surface area contributed by atoms with E-state index in [0.717, 1.165) is 77.2 Å². The second-order valence-electron chi connectivity index (χ2n) is 12.2. The van der Waals surface area contributed by atoms with Gasteiger partial charge >= 0.3 is 0 Å². The summed E-state index contributed by atoms with van der Waals surface area (Å²) in [6, 6.07) is 55.5. The van der Waals surface area contributed by atoms with E-state index in [4.69, 9.17) is 6.57 Å². The maximum atomic E-state index is 10.8. The van der Waals surface area contributed by atoms with Gasteiger partial charge in [-0.15, -0.1) is 0 Å². The third-order valence-corrected chi connectivity index (χ3v) is 9.62. The summed E-state index contributed by atoms with van der Waals surface area (Å²) in [7, 11) is 0. The summed E-state index contributed by atoms with van der Waals surface area (Å²) in [5.41, 5.74) is 11.1. The average Bonchev–Trinajstić information content (AvgIpc) is 3.70. The highest BCUT2D eigenvalue weighted by Gasteiger charge is 2.20. The molecule has 0 unspecified atom stereocenters. The van der Waals surface area contributed by atoms with Gasteiger partial charge in [-0.3, -0.25) is 0 Å². The fraction of sp³-hybridized carbons (Fsp3) is 0. The molecule has 50 heavy (non-hydrogen) atoms. The molecule has 0 atom stereocenters. The molecule has 0 bridgehead atoms. The summed E-state index contributed by atoms with van der Waals surface area (Å²) in [6.45, 7) is 7.95. The first-order chi connectivity index (χ1) is 24.7. The highest BCUT2D eigenvalue weighted by Crippen LogP contribution is 2.41. The fourth-order valence-electron chi connectivity index (χ4n) is 7.49. The molecule has 0 fully saturated rings. The minimum atomic E-state index is 0.538.